The molecule has 0 unspecified atom stereocenters. The van der Waals surface area contributed by atoms with Gasteiger partial charge in [-0.05, 0) is 42.6 Å². The predicted molar refractivity (Wildman–Crippen MR) is 79.1 cm³/mol. The second-order valence-electron chi connectivity index (χ2n) is 5.62. The van der Waals surface area contributed by atoms with Gasteiger partial charge in [0.05, 0.1) is 15.9 Å². The molecule has 2 N–H and O–H groups in total. The molecular formula is C14H22BrN3O. The van der Waals surface area contributed by atoms with Crippen LogP contribution in [0.3, 0.4) is 0 Å². The molecule has 0 atom stereocenters. The molecule has 19 heavy (non-hydrogen) atoms. The third-order valence-corrected chi connectivity index (χ3v) is 5.00. The molecule has 0 bridgehead atoms. The number of aryl methyl sites for hydroxylation is 2. The Hall–Kier alpha value is -0.680. The maximum atomic E-state index is 12.3. The molecule has 1 saturated carbocycles. The van der Waals surface area contributed by atoms with Crippen LogP contribution in [0.4, 0.5) is 0 Å². The average molecular weight is 328 g/mol. The fourth-order valence-corrected chi connectivity index (χ4v) is 3.36. The molecule has 1 heterocycles. The largest absolute Gasteiger partial charge is 0.325 e. The number of ketones is 1. The summed E-state index contributed by atoms with van der Waals surface area (Å²) >= 11 is 3.53. The minimum atomic E-state index is -0.254. The summed E-state index contributed by atoms with van der Waals surface area (Å²) in [5, 5.41) is 4.42. The minimum Gasteiger partial charge on any atom is -0.325 e. The predicted octanol–water partition coefficient (Wildman–Crippen LogP) is 2.75. The number of halogens is 1. The SMILES string of the molecule is CCn1nc(C)c(Br)c1CC(=O)CC1(N)CCCC1. The summed E-state index contributed by atoms with van der Waals surface area (Å²) in [6, 6.07) is 0. The van der Waals surface area contributed by atoms with Gasteiger partial charge in [-0.15, -0.1) is 0 Å². The van der Waals surface area contributed by atoms with Crippen molar-refractivity contribution in [1.82, 2.24) is 9.78 Å². The average Bonchev–Trinajstić information content (AvgIpc) is 2.88. The maximum absolute atomic E-state index is 12.3. The van der Waals surface area contributed by atoms with Crippen molar-refractivity contribution >= 4 is 21.7 Å². The fraction of sp³-hybridized carbons (Fsp3) is 0.714. The highest BCUT2D eigenvalue weighted by atomic mass is 79.9. The van der Waals surface area contributed by atoms with Crippen LogP contribution < -0.4 is 5.73 Å². The number of Topliss-reactive ketones (excluding diaryl/α,β-unsaturated/α-hetero) is 1. The van der Waals surface area contributed by atoms with Crippen molar-refractivity contribution in [2.45, 2.75) is 64.5 Å². The van der Waals surface area contributed by atoms with E-state index in [0.717, 1.165) is 48.1 Å². The Morgan fingerprint density at radius 2 is 2.11 bits per heavy atom. The molecule has 106 valence electrons. The lowest BCUT2D eigenvalue weighted by molar-refractivity contribution is -0.119. The van der Waals surface area contributed by atoms with E-state index >= 15 is 0 Å². The minimum absolute atomic E-state index is 0.222. The van der Waals surface area contributed by atoms with E-state index in [1.807, 2.05) is 18.5 Å². The van der Waals surface area contributed by atoms with E-state index in [4.69, 9.17) is 5.73 Å². The van der Waals surface area contributed by atoms with Gasteiger partial charge in [0.25, 0.3) is 0 Å². The van der Waals surface area contributed by atoms with E-state index in [0.29, 0.717) is 12.8 Å². The van der Waals surface area contributed by atoms with Gasteiger partial charge < -0.3 is 5.73 Å². The normalized spacial score (nSPS) is 17.9. The molecule has 1 aliphatic rings. The molecule has 0 saturated heterocycles. The first-order chi connectivity index (χ1) is 8.95. The number of aromatic nitrogens is 2. The first-order valence-corrected chi connectivity index (χ1v) is 7.77. The lowest BCUT2D eigenvalue weighted by atomic mass is 9.91. The highest BCUT2D eigenvalue weighted by molar-refractivity contribution is 9.10. The van der Waals surface area contributed by atoms with Crippen molar-refractivity contribution in [2.75, 3.05) is 0 Å². The molecule has 1 aromatic rings. The molecule has 0 aliphatic heterocycles. The molecule has 0 aromatic carbocycles. The Bertz CT molecular complexity index is 475. The van der Waals surface area contributed by atoms with Crippen LogP contribution >= 0.6 is 15.9 Å². The highest BCUT2D eigenvalue weighted by Gasteiger charge is 2.32. The van der Waals surface area contributed by atoms with E-state index in [2.05, 4.69) is 21.0 Å². The van der Waals surface area contributed by atoms with Gasteiger partial charge in [-0.2, -0.15) is 5.10 Å². The third kappa shape index (κ3) is 3.26. The van der Waals surface area contributed by atoms with E-state index in [1.165, 1.54) is 0 Å². The molecule has 1 aliphatic carbocycles. The van der Waals surface area contributed by atoms with Crippen LogP contribution in [0.15, 0.2) is 4.47 Å². The van der Waals surface area contributed by atoms with Crippen molar-refractivity contribution in [3.05, 3.63) is 15.9 Å². The van der Waals surface area contributed by atoms with Gasteiger partial charge >= 0.3 is 0 Å². The van der Waals surface area contributed by atoms with Crippen molar-refractivity contribution in [3.8, 4) is 0 Å². The van der Waals surface area contributed by atoms with E-state index in [9.17, 15) is 4.79 Å². The topological polar surface area (TPSA) is 60.9 Å². The summed E-state index contributed by atoms with van der Waals surface area (Å²) in [4.78, 5) is 12.3. The molecule has 1 aromatic heterocycles. The summed E-state index contributed by atoms with van der Waals surface area (Å²) in [7, 11) is 0. The first kappa shape index (κ1) is 14.7. The van der Waals surface area contributed by atoms with E-state index < -0.39 is 0 Å². The van der Waals surface area contributed by atoms with Gasteiger partial charge in [0, 0.05) is 24.9 Å². The number of hydrogen-bond acceptors (Lipinski definition) is 3. The van der Waals surface area contributed by atoms with Gasteiger partial charge in [-0.1, -0.05) is 12.8 Å². The van der Waals surface area contributed by atoms with Crippen molar-refractivity contribution in [3.63, 3.8) is 0 Å². The van der Waals surface area contributed by atoms with E-state index in [1.54, 1.807) is 0 Å². The Balaban J connectivity index is 2.06. The van der Waals surface area contributed by atoms with Gasteiger partial charge in [-0.3, -0.25) is 9.48 Å². The second-order valence-corrected chi connectivity index (χ2v) is 6.42. The Morgan fingerprint density at radius 1 is 1.47 bits per heavy atom. The summed E-state index contributed by atoms with van der Waals surface area (Å²) in [5.74, 6) is 0.222. The Morgan fingerprint density at radius 3 is 2.68 bits per heavy atom. The zero-order valence-corrected chi connectivity index (χ0v) is 13.3. The molecule has 4 nitrogen and oxygen atoms in total. The van der Waals surface area contributed by atoms with Crippen molar-refractivity contribution < 1.29 is 4.79 Å². The molecule has 1 fully saturated rings. The lowest BCUT2D eigenvalue weighted by Crippen LogP contribution is -2.39. The van der Waals surface area contributed by atoms with Gasteiger partial charge in [0.2, 0.25) is 0 Å². The monoisotopic (exact) mass is 327 g/mol. The van der Waals surface area contributed by atoms with Crippen LogP contribution in [-0.4, -0.2) is 21.1 Å². The summed E-state index contributed by atoms with van der Waals surface area (Å²) in [6.07, 6.45) is 5.18. The third-order valence-electron chi connectivity index (χ3n) is 3.97. The summed E-state index contributed by atoms with van der Waals surface area (Å²) in [5.41, 5.74) is 7.93. The van der Waals surface area contributed by atoms with Crippen LogP contribution in [-0.2, 0) is 17.8 Å². The first-order valence-electron chi connectivity index (χ1n) is 6.97. The van der Waals surface area contributed by atoms with Gasteiger partial charge in [0.1, 0.15) is 5.78 Å². The number of carbonyl (C=O) groups excluding carboxylic acids is 1. The number of carbonyl (C=O) groups is 1. The van der Waals surface area contributed by atoms with Crippen LogP contribution in [0.25, 0.3) is 0 Å². The van der Waals surface area contributed by atoms with Crippen LogP contribution in [0, 0.1) is 6.92 Å². The fourth-order valence-electron chi connectivity index (χ4n) is 2.94. The molecule has 5 heteroatoms. The summed E-state index contributed by atoms with van der Waals surface area (Å²) in [6.45, 7) is 4.77. The zero-order chi connectivity index (χ0) is 14.0. The standard InChI is InChI=1S/C14H22BrN3O/c1-3-18-12(13(15)10(2)17-18)8-11(19)9-14(16)6-4-5-7-14/h3-9,16H2,1-2H3. The Labute approximate surface area is 122 Å². The zero-order valence-electron chi connectivity index (χ0n) is 11.7. The van der Waals surface area contributed by atoms with Crippen LogP contribution in [0.2, 0.25) is 0 Å². The molecule has 0 radical (unpaired) electrons. The van der Waals surface area contributed by atoms with Gasteiger partial charge in [0.15, 0.2) is 0 Å². The lowest BCUT2D eigenvalue weighted by Gasteiger charge is -2.22. The van der Waals surface area contributed by atoms with Gasteiger partial charge in [-0.25, -0.2) is 0 Å². The van der Waals surface area contributed by atoms with E-state index in [-0.39, 0.29) is 11.3 Å². The Kier molecular flexibility index (Phi) is 4.46. The van der Waals surface area contributed by atoms with Crippen molar-refractivity contribution in [2.24, 2.45) is 5.73 Å². The number of rotatable bonds is 5. The molecule has 0 amide bonds. The smallest absolute Gasteiger partial charge is 0.140 e. The van der Waals surface area contributed by atoms with Crippen LogP contribution in [0.1, 0.15) is 50.4 Å². The number of hydrogen-bond donors (Lipinski definition) is 1. The molecular weight excluding hydrogens is 306 g/mol. The van der Waals surface area contributed by atoms with Crippen molar-refractivity contribution in [1.29, 1.82) is 0 Å². The number of nitrogens with zero attached hydrogens (tertiary/aromatic N) is 2. The number of nitrogens with two attached hydrogens (primary N) is 1. The molecule has 2 rings (SSSR count). The summed E-state index contributed by atoms with van der Waals surface area (Å²) < 4.78 is 2.86. The second kappa shape index (κ2) is 5.75. The van der Waals surface area contributed by atoms with Crippen LogP contribution in [0.5, 0.6) is 0 Å². The quantitative estimate of drug-likeness (QED) is 0.904. The maximum Gasteiger partial charge on any atom is 0.140 e. The molecule has 0 spiro atoms. The highest BCUT2D eigenvalue weighted by Crippen LogP contribution is 2.31.